The molecule has 2 aromatic rings. The van der Waals surface area contributed by atoms with Crippen LogP contribution in [0.5, 0.6) is 11.5 Å². The topological polar surface area (TPSA) is 55.8 Å². The number of ether oxygens (including phenoxy) is 2. The predicted molar refractivity (Wildman–Crippen MR) is 71.9 cm³/mol. The molecule has 0 amide bonds. The van der Waals surface area contributed by atoms with E-state index in [4.69, 9.17) is 14.6 Å². The molecule has 2 rings (SSSR count). The maximum Gasteiger partial charge on any atom is 0.338 e. The maximum atomic E-state index is 13.8. The molecule has 0 fully saturated rings. The molecule has 0 saturated heterocycles. The van der Waals surface area contributed by atoms with Crippen molar-refractivity contribution in [2.75, 3.05) is 14.2 Å². The van der Waals surface area contributed by atoms with Gasteiger partial charge in [0.1, 0.15) is 17.3 Å². The molecule has 1 N–H and O–H groups in total. The summed E-state index contributed by atoms with van der Waals surface area (Å²) >= 11 is 0. The fourth-order valence-corrected chi connectivity index (χ4v) is 1.98. The molecule has 0 saturated carbocycles. The molecule has 0 aliphatic carbocycles. The molecule has 0 heterocycles. The smallest absolute Gasteiger partial charge is 0.338 e. The molecular formula is C15H13FO4. The van der Waals surface area contributed by atoms with Crippen molar-refractivity contribution < 1.29 is 23.8 Å². The minimum atomic E-state index is -1.30. The minimum absolute atomic E-state index is 0.373. The van der Waals surface area contributed by atoms with Crippen molar-refractivity contribution in [3.8, 4) is 22.6 Å². The predicted octanol–water partition coefficient (Wildman–Crippen LogP) is 3.21. The Morgan fingerprint density at radius 1 is 1.10 bits per heavy atom. The third-order valence-corrected chi connectivity index (χ3v) is 2.92. The Bertz CT molecular complexity index is 630. The molecule has 2 aromatic carbocycles. The Morgan fingerprint density at radius 2 is 1.70 bits per heavy atom. The van der Waals surface area contributed by atoms with Crippen LogP contribution in [0.25, 0.3) is 11.1 Å². The van der Waals surface area contributed by atoms with Gasteiger partial charge in [0, 0.05) is 0 Å². The summed E-state index contributed by atoms with van der Waals surface area (Å²) in [4.78, 5) is 10.8. The number of carbonyl (C=O) groups is 1. The van der Waals surface area contributed by atoms with Crippen LogP contribution in [0, 0.1) is 5.82 Å². The second kappa shape index (κ2) is 5.61. The lowest BCUT2D eigenvalue weighted by molar-refractivity contribution is 0.0692. The number of methoxy groups -OCH3 is 2. The zero-order valence-corrected chi connectivity index (χ0v) is 11.0. The quantitative estimate of drug-likeness (QED) is 0.931. The van der Waals surface area contributed by atoms with Crippen LogP contribution in [-0.2, 0) is 0 Å². The maximum absolute atomic E-state index is 13.8. The van der Waals surface area contributed by atoms with Crippen LogP contribution in [0.4, 0.5) is 4.39 Å². The number of aromatic carboxylic acids is 1. The van der Waals surface area contributed by atoms with Crippen molar-refractivity contribution in [1.29, 1.82) is 0 Å². The molecule has 0 aliphatic heterocycles. The van der Waals surface area contributed by atoms with E-state index >= 15 is 0 Å². The Balaban J connectivity index is 2.62. The van der Waals surface area contributed by atoms with Gasteiger partial charge in [-0.1, -0.05) is 12.1 Å². The van der Waals surface area contributed by atoms with Crippen molar-refractivity contribution >= 4 is 5.97 Å². The lowest BCUT2D eigenvalue weighted by Gasteiger charge is -2.13. The van der Waals surface area contributed by atoms with Gasteiger partial charge in [0.2, 0.25) is 0 Å². The number of rotatable bonds is 4. The van der Waals surface area contributed by atoms with Crippen molar-refractivity contribution in [3.63, 3.8) is 0 Å². The Labute approximate surface area is 115 Å². The highest BCUT2D eigenvalue weighted by Gasteiger charge is 2.16. The fourth-order valence-electron chi connectivity index (χ4n) is 1.98. The molecule has 0 radical (unpaired) electrons. The van der Waals surface area contributed by atoms with Gasteiger partial charge in [-0.2, -0.15) is 0 Å². The average Bonchev–Trinajstić information content (AvgIpc) is 2.45. The third-order valence-electron chi connectivity index (χ3n) is 2.92. The summed E-state index contributed by atoms with van der Waals surface area (Å²) in [6.45, 7) is 0. The molecule has 0 bridgehead atoms. The lowest BCUT2D eigenvalue weighted by Crippen LogP contribution is -2.01. The first-order chi connectivity index (χ1) is 9.58. The first-order valence-electron chi connectivity index (χ1n) is 5.82. The van der Waals surface area contributed by atoms with E-state index in [1.165, 1.54) is 26.4 Å². The molecule has 0 unspecified atom stereocenters. The zero-order chi connectivity index (χ0) is 14.7. The molecule has 0 aliphatic rings. The SMILES string of the molecule is COc1cccc(OC)c1-c1ccc(C(=O)O)c(F)c1. The summed E-state index contributed by atoms with van der Waals surface area (Å²) in [6, 6.07) is 9.10. The first-order valence-corrected chi connectivity index (χ1v) is 5.82. The van der Waals surface area contributed by atoms with E-state index in [9.17, 15) is 9.18 Å². The molecule has 20 heavy (non-hydrogen) atoms. The fraction of sp³-hybridized carbons (Fsp3) is 0.133. The van der Waals surface area contributed by atoms with E-state index in [2.05, 4.69) is 0 Å². The van der Waals surface area contributed by atoms with E-state index in [-0.39, 0.29) is 5.56 Å². The molecule has 104 valence electrons. The van der Waals surface area contributed by atoms with Gasteiger partial charge in [-0.3, -0.25) is 0 Å². The van der Waals surface area contributed by atoms with Crippen LogP contribution in [-0.4, -0.2) is 25.3 Å². The number of carboxylic acid groups (broad SMARTS) is 1. The highest BCUT2D eigenvalue weighted by Crippen LogP contribution is 2.38. The zero-order valence-electron chi connectivity index (χ0n) is 11.0. The van der Waals surface area contributed by atoms with Crippen LogP contribution in [0.1, 0.15) is 10.4 Å². The van der Waals surface area contributed by atoms with Crippen LogP contribution in [0.2, 0.25) is 0 Å². The van der Waals surface area contributed by atoms with Crippen molar-refractivity contribution in [2.45, 2.75) is 0 Å². The summed E-state index contributed by atoms with van der Waals surface area (Å²) in [5, 5.41) is 8.84. The van der Waals surface area contributed by atoms with Crippen LogP contribution in [0.3, 0.4) is 0 Å². The Hall–Kier alpha value is -2.56. The average molecular weight is 276 g/mol. The van der Waals surface area contributed by atoms with E-state index in [0.717, 1.165) is 6.07 Å². The van der Waals surface area contributed by atoms with Gasteiger partial charge >= 0.3 is 5.97 Å². The van der Waals surface area contributed by atoms with Crippen molar-refractivity contribution in [1.82, 2.24) is 0 Å². The monoisotopic (exact) mass is 276 g/mol. The Morgan fingerprint density at radius 3 is 2.15 bits per heavy atom. The summed E-state index contributed by atoms with van der Waals surface area (Å²) in [6.07, 6.45) is 0. The summed E-state index contributed by atoms with van der Waals surface area (Å²) in [5.41, 5.74) is 0.692. The summed E-state index contributed by atoms with van der Waals surface area (Å²) < 4.78 is 24.3. The third kappa shape index (κ3) is 2.42. The Kier molecular flexibility index (Phi) is 3.89. The van der Waals surface area contributed by atoms with Crippen LogP contribution < -0.4 is 9.47 Å². The molecule has 0 aromatic heterocycles. The van der Waals surface area contributed by atoms with E-state index in [0.29, 0.717) is 22.6 Å². The highest BCUT2D eigenvalue weighted by molar-refractivity contribution is 5.89. The van der Waals surface area contributed by atoms with Gasteiger partial charge in [-0.05, 0) is 29.8 Å². The second-order valence-electron chi connectivity index (χ2n) is 4.04. The number of hydrogen-bond acceptors (Lipinski definition) is 3. The normalized spacial score (nSPS) is 10.2. The number of carboxylic acids is 1. The largest absolute Gasteiger partial charge is 0.496 e. The standard InChI is InChI=1S/C15H13FO4/c1-19-12-4-3-5-13(20-2)14(12)9-6-7-10(15(17)18)11(16)8-9/h3-8H,1-2H3,(H,17,18). The molecule has 5 heteroatoms. The number of benzene rings is 2. The van der Waals surface area contributed by atoms with Gasteiger partial charge in [0.15, 0.2) is 0 Å². The van der Waals surface area contributed by atoms with E-state index in [1.54, 1.807) is 18.2 Å². The molecule has 0 spiro atoms. The minimum Gasteiger partial charge on any atom is -0.496 e. The van der Waals surface area contributed by atoms with Gasteiger partial charge in [-0.15, -0.1) is 0 Å². The first kappa shape index (κ1) is 13.9. The highest BCUT2D eigenvalue weighted by atomic mass is 19.1. The van der Waals surface area contributed by atoms with E-state index in [1.807, 2.05) is 0 Å². The van der Waals surface area contributed by atoms with Gasteiger partial charge in [-0.25, -0.2) is 9.18 Å². The molecular weight excluding hydrogens is 263 g/mol. The number of hydrogen-bond donors (Lipinski definition) is 1. The lowest BCUT2D eigenvalue weighted by atomic mass is 10.0. The van der Waals surface area contributed by atoms with Crippen LogP contribution in [0.15, 0.2) is 36.4 Å². The van der Waals surface area contributed by atoms with Crippen molar-refractivity contribution in [2.24, 2.45) is 0 Å². The number of halogens is 1. The summed E-state index contributed by atoms with van der Waals surface area (Å²) in [5.74, 6) is -1.07. The van der Waals surface area contributed by atoms with Crippen LogP contribution >= 0.6 is 0 Å². The molecule has 4 nitrogen and oxygen atoms in total. The molecule has 0 atom stereocenters. The van der Waals surface area contributed by atoms with Gasteiger partial charge in [0.25, 0.3) is 0 Å². The second-order valence-corrected chi connectivity index (χ2v) is 4.04. The van der Waals surface area contributed by atoms with Gasteiger partial charge < -0.3 is 14.6 Å². The van der Waals surface area contributed by atoms with Gasteiger partial charge in [0.05, 0.1) is 25.3 Å². The summed E-state index contributed by atoms with van der Waals surface area (Å²) in [7, 11) is 3.00. The van der Waals surface area contributed by atoms with Crippen molar-refractivity contribution in [3.05, 3.63) is 47.8 Å². The van der Waals surface area contributed by atoms with E-state index < -0.39 is 11.8 Å².